The van der Waals surface area contributed by atoms with Crippen molar-refractivity contribution in [3.8, 4) is 11.4 Å². The molecule has 0 saturated heterocycles. The summed E-state index contributed by atoms with van der Waals surface area (Å²) in [5.74, 6) is 0.566. The Balaban J connectivity index is 1.43. The maximum absolute atomic E-state index is 12.8. The zero-order chi connectivity index (χ0) is 21.8. The standard InChI is InChI=1S/C24H22F3N3O/c25-24(26,27)20-10-8-18(9-11-20)23-29-15-19(22(30-23)17-6-7-17)14-21(31)28-13-12-16-4-2-1-3-5-16/h1-5,8-11,15,17H,6-7,12-14H2,(H,28,31). The number of aromatic nitrogens is 2. The summed E-state index contributed by atoms with van der Waals surface area (Å²) in [7, 11) is 0. The second-order valence-electron chi connectivity index (χ2n) is 7.72. The van der Waals surface area contributed by atoms with Crippen LogP contribution in [0.25, 0.3) is 11.4 Å². The van der Waals surface area contributed by atoms with E-state index in [9.17, 15) is 18.0 Å². The number of nitrogens with one attached hydrogen (secondary N) is 1. The van der Waals surface area contributed by atoms with E-state index in [1.807, 2.05) is 30.3 Å². The van der Waals surface area contributed by atoms with Crippen molar-refractivity contribution < 1.29 is 18.0 Å². The molecule has 4 nitrogen and oxygen atoms in total. The van der Waals surface area contributed by atoms with Gasteiger partial charge in [-0.15, -0.1) is 0 Å². The number of benzene rings is 2. The Kier molecular flexibility index (Phi) is 6.02. The number of carbonyl (C=O) groups is 1. The lowest BCUT2D eigenvalue weighted by atomic mass is 10.1. The minimum Gasteiger partial charge on any atom is -0.355 e. The van der Waals surface area contributed by atoms with Crippen LogP contribution in [0.2, 0.25) is 0 Å². The lowest BCUT2D eigenvalue weighted by molar-refractivity contribution is -0.137. The maximum atomic E-state index is 12.8. The van der Waals surface area contributed by atoms with Crippen LogP contribution in [0.1, 0.15) is 41.1 Å². The molecule has 3 aromatic rings. The van der Waals surface area contributed by atoms with E-state index in [0.29, 0.717) is 17.9 Å². The molecule has 7 heteroatoms. The molecule has 0 bridgehead atoms. The molecular weight excluding hydrogens is 403 g/mol. The van der Waals surface area contributed by atoms with E-state index in [4.69, 9.17) is 0 Å². The van der Waals surface area contributed by atoms with Gasteiger partial charge >= 0.3 is 6.18 Å². The highest BCUT2D eigenvalue weighted by atomic mass is 19.4. The predicted octanol–water partition coefficient (Wildman–Crippen LogP) is 4.94. The van der Waals surface area contributed by atoms with Crippen molar-refractivity contribution in [2.45, 2.75) is 37.8 Å². The molecule has 160 valence electrons. The highest BCUT2D eigenvalue weighted by Gasteiger charge is 2.31. The molecule has 1 amide bonds. The molecule has 0 spiro atoms. The van der Waals surface area contributed by atoms with Gasteiger partial charge in [0.05, 0.1) is 17.7 Å². The van der Waals surface area contributed by atoms with Crippen LogP contribution in [0.3, 0.4) is 0 Å². The minimum absolute atomic E-state index is 0.0938. The van der Waals surface area contributed by atoms with Gasteiger partial charge in [0.1, 0.15) is 0 Å². The molecule has 1 saturated carbocycles. The van der Waals surface area contributed by atoms with Crippen LogP contribution in [-0.2, 0) is 23.8 Å². The maximum Gasteiger partial charge on any atom is 0.416 e. The molecule has 1 aliphatic rings. The molecule has 1 N–H and O–H groups in total. The number of nitrogens with zero attached hydrogens (tertiary/aromatic N) is 2. The van der Waals surface area contributed by atoms with Gasteiger partial charge in [0.15, 0.2) is 5.82 Å². The molecule has 0 unspecified atom stereocenters. The average Bonchev–Trinajstić information content (AvgIpc) is 3.60. The van der Waals surface area contributed by atoms with Gasteiger partial charge in [-0.2, -0.15) is 13.2 Å². The number of hydrogen-bond acceptors (Lipinski definition) is 3. The van der Waals surface area contributed by atoms with Gasteiger partial charge in [0.25, 0.3) is 0 Å². The van der Waals surface area contributed by atoms with Crippen LogP contribution in [-0.4, -0.2) is 22.4 Å². The zero-order valence-corrected chi connectivity index (χ0v) is 16.8. The molecular formula is C24H22F3N3O. The first-order valence-corrected chi connectivity index (χ1v) is 10.2. The SMILES string of the molecule is O=C(Cc1cnc(-c2ccc(C(F)(F)F)cc2)nc1C1CC1)NCCc1ccccc1. The third kappa shape index (κ3) is 5.48. The van der Waals surface area contributed by atoms with Crippen molar-refractivity contribution in [2.24, 2.45) is 0 Å². The summed E-state index contributed by atoms with van der Waals surface area (Å²) in [6.07, 6.45) is 0.179. The number of hydrogen-bond donors (Lipinski definition) is 1. The van der Waals surface area contributed by atoms with Crippen molar-refractivity contribution in [1.82, 2.24) is 15.3 Å². The quantitative estimate of drug-likeness (QED) is 0.583. The van der Waals surface area contributed by atoms with E-state index in [1.54, 1.807) is 6.20 Å². The lowest BCUT2D eigenvalue weighted by Gasteiger charge is -2.11. The van der Waals surface area contributed by atoms with E-state index < -0.39 is 11.7 Å². The number of rotatable bonds is 7. The van der Waals surface area contributed by atoms with Crippen LogP contribution in [0.4, 0.5) is 13.2 Å². The molecule has 31 heavy (non-hydrogen) atoms. The van der Waals surface area contributed by atoms with Gasteiger partial charge in [0, 0.05) is 29.8 Å². The first kappa shape index (κ1) is 21.0. The Hall–Kier alpha value is -3.22. The summed E-state index contributed by atoms with van der Waals surface area (Å²) in [6.45, 7) is 0.548. The number of halogens is 3. The number of carbonyl (C=O) groups excluding carboxylic acids is 1. The first-order valence-electron chi connectivity index (χ1n) is 10.2. The number of alkyl halides is 3. The molecule has 1 aromatic heterocycles. The van der Waals surface area contributed by atoms with Crippen LogP contribution < -0.4 is 5.32 Å². The van der Waals surface area contributed by atoms with Crippen molar-refractivity contribution in [3.63, 3.8) is 0 Å². The third-order valence-electron chi connectivity index (χ3n) is 5.26. The summed E-state index contributed by atoms with van der Waals surface area (Å²) < 4.78 is 38.4. The highest BCUT2D eigenvalue weighted by Crippen LogP contribution is 2.41. The number of amides is 1. The van der Waals surface area contributed by atoms with Crippen molar-refractivity contribution in [3.05, 3.63) is 83.2 Å². The Morgan fingerprint density at radius 2 is 1.74 bits per heavy atom. The van der Waals surface area contributed by atoms with E-state index in [0.717, 1.165) is 48.2 Å². The van der Waals surface area contributed by atoms with Gasteiger partial charge in [0.2, 0.25) is 5.91 Å². The van der Waals surface area contributed by atoms with Gasteiger partial charge in [-0.1, -0.05) is 42.5 Å². The van der Waals surface area contributed by atoms with Gasteiger partial charge in [-0.05, 0) is 37.0 Å². The Morgan fingerprint density at radius 3 is 2.39 bits per heavy atom. The summed E-state index contributed by atoms with van der Waals surface area (Å²) in [5.41, 5.74) is 2.57. The fourth-order valence-corrected chi connectivity index (χ4v) is 3.44. The van der Waals surface area contributed by atoms with Crippen LogP contribution >= 0.6 is 0 Å². The summed E-state index contributed by atoms with van der Waals surface area (Å²) in [6, 6.07) is 14.7. The molecule has 0 atom stereocenters. The average molecular weight is 425 g/mol. The Morgan fingerprint density at radius 1 is 1.03 bits per heavy atom. The Labute approximate surface area is 178 Å². The minimum atomic E-state index is -4.38. The van der Waals surface area contributed by atoms with E-state index in [-0.39, 0.29) is 18.2 Å². The fourth-order valence-electron chi connectivity index (χ4n) is 3.44. The summed E-state index contributed by atoms with van der Waals surface area (Å²) in [4.78, 5) is 21.3. The zero-order valence-electron chi connectivity index (χ0n) is 16.8. The Bertz CT molecular complexity index is 1050. The lowest BCUT2D eigenvalue weighted by Crippen LogP contribution is -2.27. The van der Waals surface area contributed by atoms with Crippen LogP contribution in [0.5, 0.6) is 0 Å². The van der Waals surface area contributed by atoms with Gasteiger partial charge in [-0.3, -0.25) is 4.79 Å². The second kappa shape index (κ2) is 8.88. The van der Waals surface area contributed by atoms with Crippen molar-refractivity contribution >= 4 is 5.91 Å². The first-order chi connectivity index (χ1) is 14.9. The smallest absolute Gasteiger partial charge is 0.355 e. The molecule has 1 aliphatic carbocycles. The van der Waals surface area contributed by atoms with E-state index in [2.05, 4.69) is 15.3 Å². The van der Waals surface area contributed by atoms with Gasteiger partial charge < -0.3 is 5.32 Å². The molecule has 1 heterocycles. The molecule has 0 radical (unpaired) electrons. The van der Waals surface area contributed by atoms with Crippen molar-refractivity contribution in [2.75, 3.05) is 6.54 Å². The highest BCUT2D eigenvalue weighted by molar-refractivity contribution is 5.79. The summed E-state index contributed by atoms with van der Waals surface area (Å²) >= 11 is 0. The van der Waals surface area contributed by atoms with Gasteiger partial charge in [-0.25, -0.2) is 9.97 Å². The van der Waals surface area contributed by atoms with Crippen LogP contribution in [0.15, 0.2) is 60.8 Å². The third-order valence-corrected chi connectivity index (χ3v) is 5.26. The fraction of sp³-hybridized carbons (Fsp3) is 0.292. The molecule has 2 aromatic carbocycles. The van der Waals surface area contributed by atoms with Crippen LogP contribution in [0, 0.1) is 0 Å². The molecule has 0 aliphatic heterocycles. The largest absolute Gasteiger partial charge is 0.416 e. The normalized spacial score (nSPS) is 13.8. The predicted molar refractivity (Wildman–Crippen MR) is 111 cm³/mol. The van der Waals surface area contributed by atoms with Crippen molar-refractivity contribution in [1.29, 1.82) is 0 Å². The molecule has 1 fully saturated rings. The monoisotopic (exact) mass is 425 g/mol. The topological polar surface area (TPSA) is 54.9 Å². The molecule has 4 rings (SSSR count). The van der Waals surface area contributed by atoms with E-state index in [1.165, 1.54) is 12.1 Å². The second-order valence-corrected chi connectivity index (χ2v) is 7.72. The summed E-state index contributed by atoms with van der Waals surface area (Å²) in [5, 5.41) is 2.93. The van der Waals surface area contributed by atoms with E-state index >= 15 is 0 Å².